The van der Waals surface area contributed by atoms with Crippen LogP contribution in [0.2, 0.25) is 0 Å². The number of benzene rings is 1. The Bertz CT molecular complexity index is 1170. The molecule has 0 atom stereocenters. The zero-order chi connectivity index (χ0) is 22.9. The van der Waals surface area contributed by atoms with Crippen LogP contribution in [-0.4, -0.2) is 72.3 Å². The van der Waals surface area contributed by atoms with Crippen molar-refractivity contribution in [1.82, 2.24) is 14.1 Å². The van der Waals surface area contributed by atoms with Crippen LogP contribution in [0.3, 0.4) is 0 Å². The van der Waals surface area contributed by atoms with Crippen LogP contribution in [0.15, 0.2) is 51.6 Å². The highest BCUT2D eigenvalue weighted by atomic mass is 32.2. The summed E-state index contributed by atoms with van der Waals surface area (Å²) in [5.74, 6) is -1.47. The van der Waals surface area contributed by atoms with E-state index in [-0.39, 0.29) is 36.0 Å². The SMILES string of the molecule is O=C(CN1C(=O)S/C(=C\c2cccs2)C1=O)N1CCN(S(=O)(=O)c2ccc(F)cc2)CC1. The maximum atomic E-state index is 13.1. The number of hydrogen-bond donors (Lipinski definition) is 0. The second-order valence-corrected chi connectivity index (χ2v) is 10.9. The van der Waals surface area contributed by atoms with Gasteiger partial charge in [-0.2, -0.15) is 4.31 Å². The van der Waals surface area contributed by atoms with Crippen LogP contribution in [0.25, 0.3) is 6.08 Å². The molecule has 0 N–H and O–H groups in total. The second kappa shape index (κ2) is 9.14. The van der Waals surface area contributed by atoms with E-state index in [9.17, 15) is 27.2 Å². The number of halogens is 1. The summed E-state index contributed by atoms with van der Waals surface area (Å²) < 4.78 is 39.7. The highest BCUT2D eigenvalue weighted by molar-refractivity contribution is 8.18. The fourth-order valence-corrected chi connectivity index (χ4v) is 6.29. The molecule has 8 nitrogen and oxygen atoms in total. The molecule has 32 heavy (non-hydrogen) atoms. The van der Waals surface area contributed by atoms with E-state index < -0.39 is 39.4 Å². The minimum atomic E-state index is -3.80. The van der Waals surface area contributed by atoms with Crippen molar-refractivity contribution in [2.45, 2.75) is 4.90 Å². The average Bonchev–Trinajstić information content (AvgIpc) is 3.38. The van der Waals surface area contributed by atoms with Crippen molar-refractivity contribution in [2.75, 3.05) is 32.7 Å². The Morgan fingerprint density at radius 1 is 1.06 bits per heavy atom. The van der Waals surface area contributed by atoms with E-state index in [0.29, 0.717) is 0 Å². The molecule has 3 heterocycles. The average molecular weight is 496 g/mol. The molecule has 4 rings (SSSR count). The summed E-state index contributed by atoms with van der Waals surface area (Å²) in [5, 5.41) is 1.35. The quantitative estimate of drug-likeness (QED) is 0.592. The molecule has 12 heteroatoms. The summed E-state index contributed by atoms with van der Waals surface area (Å²) >= 11 is 2.22. The molecule has 2 fully saturated rings. The monoisotopic (exact) mass is 495 g/mol. The van der Waals surface area contributed by atoms with E-state index in [2.05, 4.69) is 0 Å². The van der Waals surface area contributed by atoms with Crippen molar-refractivity contribution in [3.63, 3.8) is 0 Å². The minimum absolute atomic E-state index is 0.0194. The van der Waals surface area contributed by atoms with Crippen molar-refractivity contribution in [2.24, 2.45) is 0 Å². The first-order valence-corrected chi connectivity index (χ1v) is 12.7. The zero-order valence-electron chi connectivity index (χ0n) is 16.6. The van der Waals surface area contributed by atoms with Gasteiger partial charge in [0.05, 0.1) is 9.80 Å². The van der Waals surface area contributed by atoms with Crippen LogP contribution in [0.5, 0.6) is 0 Å². The van der Waals surface area contributed by atoms with Crippen molar-refractivity contribution in [3.8, 4) is 0 Å². The molecule has 0 unspecified atom stereocenters. The molecule has 3 amide bonds. The maximum absolute atomic E-state index is 13.1. The molecule has 2 aromatic rings. The van der Waals surface area contributed by atoms with Crippen molar-refractivity contribution in [3.05, 3.63) is 57.4 Å². The minimum Gasteiger partial charge on any atom is -0.338 e. The molecule has 1 aromatic heterocycles. The van der Waals surface area contributed by atoms with Gasteiger partial charge < -0.3 is 4.90 Å². The third-order valence-corrected chi connectivity index (χ3v) is 8.67. The summed E-state index contributed by atoms with van der Waals surface area (Å²) in [5.41, 5.74) is 0. The normalized spacial score (nSPS) is 19.2. The van der Waals surface area contributed by atoms with Gasteiger partial charge in [0.2, 0.25) is 15.9 Å². The van der Waals surface area contributed by atoms with E-state index >= 15 is 0 Å². The number of sulfonamides is 1. The number of hydrogen-bond acceptors (Lipinski definition) is 7. The first kappa shape index (κ1) is 22.6. The Hall–Kier alpha value is -2.54. The van der Waals surface area contributed by atoms with Gasteiger partial charge in [-0.3, -0.25) is 19.3 Å². The predicted molar refractivity (Wildman–Crippen MR) is 119 cm³/mol. The van der Waals surface area contributed by atoms with Gasteiger partial charge in [0.1, 0.15) is 12.4 Å². The topological polar surface area (TPSA) is 95.1 Å². The lowest BCUT2D eigenvalue weighted by molar-refractivity contribution is -0.136. The van der Waals surface area contributed by atoms with Gasteiger partial charge in [-0.05, 0) is 53.5 Å². The number of rotatable bonds is 5. The highest BCUT2D eigenvalue weighted by Crippen LogP contribution is 2.33. The number of carbonyl (C=O) groups is 3. The number of thioether (sulfide) groups is 1. The van der Waals surface area contributed by atoms with Crippen LogP contribution < -0.4 is 0 Å². The lowest BCUT2D eigenvalue weighted by atomic mass is 10.3. The number of piperazine rings is 1. The van der Waals surface area contributed by atoms with E-state index in [1.807, 2.05) is 17.5 Å². The summed E-state index contributed by atoms with van der Waals surface area (Å²) in [7, 11) is -3.80. The largest absolute Gasteiger partial charge is 0.338 e. The van der Waals surface area contributed by atoms with Gasteiger partial charge in [-0.15, -0.1) is 11.3 Å². The second-order valence-electron chi connectivity index (χ2n) is 7.02. The molecule has 2 aliphatic heterocycles. The first-order chi connectivity index (χ1) is 15.3. The Balaban J connectivity index is 1.36. The van der Waals surface area contributed by atoms with Gasteiger partial charge in [0.25, 0.3) is 11.1 Å². The highest BCUT2D eigenvalue weighted by Gasteiger charge is 2.38. The molecule has 0 radical (unpaired) electrons. The van der Waals surface area contributed by atoms with Gasteiger partial charge in [0, 0.05) is 31.1 Å². The van der Waals surface area contributed by atoms with Gasteiger partial charge >= 0.3 is 0 Å². The fraction of sp³-hybridized carbons (Fsp3) is 0.250. The number of imide groups is 1. The zero-order valence-corrected chi connectivity index (χ0v) is 19.1. The molecule has 0 spiro atoms. The summed E-state index contributed by atoms with van der Waals surface area (Å²) in [6.07, 6.45) is 1.62. The third kappa shape index (κ3) is 4.63. The van der Waals surface area contributed by atoms with Gasteiger partial charge in [-0.1, -0.05) is 6.07 Å². The smallest absolute Gasteiger partial charge is 0.294 e. The molecule has 0 saturated carbocycles. The molecule has 2 aliphatic rings. The fourth-order valence-electron chi connectivity index (χ4n) is 3.31. The standard InChI is InChI=1S/C20H18FN3O5S3/c21-14-3-5-16(6-4-14)32(28,29)23-9-7-22(8-10-23)18(25)13-24-19(26)17(31-20(24)27)12-15-2-1-11-30-15/h1-6,11-12H,7-10,13H2/b17-12-. The molecule has 0 bridgehead atoms. The third-order valence-electron chi connectivity index (χ3n) is 5.03. The van der Waals surface area contributed by atoms with Crippen LogP contribution in [0.4, 0.5) is 9.18 Å². The predicted octanol–water partition coefficient (Wildman–Crippen LogP) is 2.46. The Kier molecular flexibility index (Phi) is 6.47. The molecular weight excluding hydrogens is 477 g/mol. The number of carbonyl (C=O) groups excluding carboxylic acids is 3. The molecule has 2 saturated heterocycles. The molecule has 168 valence electrons. The van der Waals surface area contributed by atoms with E-state index in [4.69, 9.17) is 0 Å². The van der Waals surface area contributed by atoms with Crippen LogP contribution in [0.1, 0.15) is 4.88 Å². The molecular formula is C20H18FN3O5S3. The summed E-state index contributed by atoms with van der Waals surface area (Å²) in [6.45, 7) is -0.0184. The Labute approximate surface area is 192 Å². The van der Waals surface area contributed by atoms with Crippen molar-refractivity contribution in [1.29, 1.82) is 0 Å². The first-order valence-electron chi connectivity index (χ1n) is 9.58. The van der Waals surface area contributed by atoms with Crippen LogP contribution in [0, 0.1) is 5.82 Å². The number of nitrogens with zero attached hydrogens (tertiary/aromatic N) is 3. The van der Waals surface area contributed by atoms with Crippen LogP contribution in [-0.2, 0) is 19.6 Å². The van der Waals surface area contributed by atoms with Crippen molar-refractivity contribution >= 4 is 56.3 Å². The lowest BCUT2D eigenvalue weighted by Crippen LogP contribution is -2.52. The maximum Gasteiger partial charge on any atom is 0.294 e. The van der Waals surface area contributed by atoms with E-state index in [1.165, 1.54) is 32.7 Å². The summed E-state index contributed by atoms with van der Waals surface area (Å²) in [6, 6.07) is 8.22. The van der Waals surface area contributed by atoms with Crippen LogP contribution >= 0.6 is 23.1 Å². The van der Waals surface area contributed by atoms with Gasteiger partial charge in [-0.25, -0.2) is 12.8 Å². The summed E-state index contributed by atoms with van der Waals surface area (Å²) in [4.78, 5) is 40.9. The molecule has 1 aromatic carbocycles. The Morgan fingerprint density at radius 3 is 2.38 bits per heavy atom. The Morgan fingerprint density at radius 2 is 1.75 bits per heavy atom. The van der Waals surface area contributed by atoms with Gasteiger partial charge in [0.15, 0.2) is 0 Å². The van der Waals surface area contributed by atoms with E-state index in [1.54, 1.807) is 6.08 Å². The molecule has 0 aliphatic carbocycles. The lowest BCUT2D eigenvalue weighted by Gasteiger charge is -2.34. The number of thiophene rings is 1. The van der Waals surface area contributed by atoms with E-state index in [0.717, 1.165) is 33.7 Å². The van der Waals surface area contributed by atoms with Crippen molar-refractivity contribution < 1.29 is 27.2 Å². The number of amides is 3.